The van der Waals surface area contributed by atoms with Crippen molar-refractivity contribution in [2.75, 3.05) is 5.32 Å². The molecule has 0 saturated carbocycles. The summed E-state index contributed by atoms with van der Waals surface area (Å²) in [4.78, 5) is 27.5. The highest BCUT2D eigenvalue weighted by atomic mass is 35.5. The van der Waals surface area contributed by atoms with Gasteiger partial charge in [0.05, 0.1) is 12.6 Å². The van der Waals surface area contributed by atoms with Gasteiger partial charge in [-0.05, 0) is 35.4 Å². The zero-order valence-corrected chi connectivity index (χ0v) is 15.6. The van der Waals surface area contributed by atoms with Crippen LogP contribution in [0.3, 0.4) is 0 Å². The van der Waals surface area contributed by atoms with Crippen LogP contribution in [0.1, 0.15) is 16.9 Å². The summed E-state index contributed by atoms with van der Waals surface area (Å²) < 4.78 is 10.2. The first-order chi connectivity index (χ1) is 13.6. The van der Waals surface area contributed by atoms with Gasteiger partial charge in [-0.25, -0.2) is 9.78 Å². The van der Waals surface area contributed by atoms with Crippen LogP contribution in [-0.4, -0.2) is 17.0 Å². The van der Waals surface area contributed by atoms with Crippen LogP contribution in [-0.2, 0) is 29.1 Å². The SMILES string of the molecule is O=C(Cc1cnco1)NCc1ccc(NC(=O)OCc2ccc(Cl)cc2)cc1. The topological polar surface area (TPSA) is 93.5 Å². The van der Waals surface area contributed by atoms with E-state index >= 15 is 0 Å². The molecular formula is C20H18ClN3O4. The molecule has 0 radical (unpaired) electrons. The number of rotatable bonds is 7. The molecule has 0 saturated heterocycles. The first-order valence-electron chi connectivity index (χ1n) is 8.50. The number of ether oxygens (including phenoxy) is 1. The van der Waals surface area contributed by atoms with E-state index in [4.69, 9.17) is 20.8 Å². The molecule has 2 aromatic carbocycles. The molecule has 28 heavy (non-hydrogen) atoms. The molecule has 0 aliphatic carbocycles. The highest BCUT2D eigenvalue weighted by molar-refractivity contribution is 6.30. The molecule has 0 spiro atoms. The minimum absolute atomic E-state index is 0.138. The fraction of sp³-hybridized carbons (Fsp3) is 0.150. The number of benzene rings is 2. The molecule has 0 aliphatic rings. The number of nitrogens with one attached hydrogen (secondary N) is 2. The summed E-state index contributed by atoms with van der Waals surface area (Å²) >= 11 is 5.82. The van der Waals surface area contributed by atoms with Crippen molar-refractivity contribution in [3.05, 3.63) is 83.0 Å². The molecule has 1 heterocycles. The van der Waals surface area contributed by atoms with Gasteiger partial charge in [0.15, 0.2) is 6.39 Å². The maximum Gasteiger partial charge on any atom is 0.411 e. The van der Waals surface area contributed by atoms with E-state index < -0.39 is 6.09 Å². The first kappa shape index (κ1) is 19.4. The van der Waals surface area contributed by atoms with Gasteiger partial charge in [0.2, 0.25) is 5.91 Å². The van der Waals surface area contributed by atoms with Crippen molar-refractivity contribution in [3.63, 3.8) is 0 Å². The van der Waals surface area contributed by atoms with Crippen molar-refractivity contribution in [2.45, 2.75) is 19.6 Å². The Morgan fingerprint density at radius 1 is 1.04 bits per heavy atom. The minimum atomic E-state index is -0.553. The van der Waals surface area contributed by atoms with Crippen LogP contribution in [0.15, 0.2) is 65.5 Å². The van der Waals surface area contributed by atoms with Gasteiger partial charge in [0, 0.05) is 17.3 Å². The molecular weight excluding hydrogens is 382 g/mol. The van der Waals surface area contributed by atoms with Crippen molar-refractivity contribution in [1.82, 2.24) is 10.3 Å². The second kappa shape index (κ2) is 9.57. The molecule has 0 unspecified atom stereocenters. The van der Waals surface area contributed by atoms with E-state index in [2.05, 4.69) is 15.6 Å². The Morgan fingerprint density at radius 3 is 2.43 bits per heavy atom. The van der Waals surface area contributed by atoms with Crippen LogP contribution in [0.2, 0.25) is 5.02 Å². The normalized spacial score (nSPS) is 10.3. The number of anilines is 1. The molecule has 2 amide bonds. The Hall–Kier alpha value is -3.32. The number of aromatic nitrogens is 1. The Bertz CT molecular complexity index is 910. The molecule has 3 rings (SSSR count). The quantitative estimate of drug-likeness (QED) is 0.627. The molecule has 144 valence electrons. The maximum atomic E-state index is 11.9. The van der Waals surface area contributed by atoms with Crippen molar-refractivity contribution in [2.24, 2.45) is 0 Å². The number of hydrogen-bond acceptors (Lipinski definition) is 5. The third-order valence-corrected chi connectivity index (χ3v) is 4.04. The number of hydrogen-bond donors (Lipinski definition) is 2. The first-order valence-corrected chi connectivity index (χ1v) is 8.87. The van der Waals surface area contributed by atoms with Gasteiger partial charge in [0.25, 0.3) is 0 Å². The molecule has 0 bridgehead atoms. The summed E-state index contributed by atoms with van der Waals surface area (Å²) in [6, 6.07) is 14.2. The van der Waals surface area contributed by atoms with Crippen molar-refractivity contribution in [3.8, 4) is 0 Å². The summed E-state index contributed by atoms with van der Waals surface area (Å²) in [6.45, 7) is 0.520. The van der Waals surface area contributed by atoms with Gasteiger partial charge in [-0.15, -0.1) is 0 Å². The molecule has 3 aromatic rings. The van der Waals surface area contributed by atoms with Gasteiger partial charge < -0.3 is 14.5 Å². The summed E-state index contributed by atoms with van der Waals surface area (Å²) in [5.41, 5.74) is 2.33. The van der Waals surface area contributed by atoms with E-state index in [9.17, 15) is 9.59 Å². The van der Waals surface area contributed by atoms with Gasteiger partial charge in [-0.2, -0.15) is 0 Å². The Balaban J connectivity index is 1.41. The van der Waals surface area contributed by atoms with Crippen LogP contribution in [0.4, 0.5) is 10.5 Å². The smallest absolute Gasteiger partial charge is 0.411 e. The predicted molar refractivity (Wildman–Crippen MR) is 104 cm³/mol. The Morgan fingerprint density at radius 2 is 1.75 bits per heavy atom. The van der Waals surface area contributed by atoms with Crippen molar-refractivity contribution < 1.29 is 18.7 Å². The maximum absolute atomic E-state index is 11.9. The minimum Gasteiger partial charge on any atom is -0.448 e. The lowest BCUT2D eigenvalue weighted by atomic mass is 10.2. The van der Waals surface area contributed by atoms with Crippen LogP contribution < -0.4 is 10.6 Å². The molecule has 2 N–H and O–H groups in total. The van der Waals surface area contributed by atoms with Gasteiger partial charge in [-0.3, -0.25) is 10.1 Å². The molecule has 0 fully saturated rings. The van der Waals surface area contributed by atoms with E-state index in [1.807, 2.05) is 12.1 Å². The number of nitrogens with zero attached hydrogens (tertiary/aromatic N) is 1. The number of oxazole rings is 1. The molecule has 0 atom stereocenters. The highest BCUT2D eigenvalue weighted by Crippen LogP contribution is 2.12. The lowest BCUT2D eigenvalue weighted by Gasteiger charge is -2.09. The van der Waals surface area contributed by atoms with E-state index in [0.717, 1.165) is 11.1 Å². The molecule has 0 aliphatic heterocycles. The summed E-state index contributed by atoms with van der Waals surface area (Å²) in [7, 11) is 0. The fourth-order valence-electron chi connectivity index (χ4n) is 2.34. The third kappa shape index (κ3) is 6.14. The lowest BCUT2D eigenvalue weighted by Crippen LogP contribution is -2.24. The summed E-state index contributed by atoms with van der Waals surface area (Å²) in [6.07, 6.45) is 2.38. The molecule has 8 heteroatoms. The van der Waals surface area contributed by atoms with E-state index in [1.54, 1.807) is 36.4 Å². The zero-order valence-electron chi connectivity index (χ0n) is 14.9. The number of carbonyl (C=O) groups is 2. The van der Waals surface area contributed by atoms with Crippen LogP contribution >= 0.6 is 11.6 Å². The molecule has 7 nitrogen and oxygen atoms in total. The highest BCUT2D eigenvalue weighted by Gasteiger charge is 2.07. The fourth-order valence-corrected chi connectivity index (χ4v) is 2.47. The Kier molecular flexibility index (Phi) is 6.64. The largest absolute Gasteiger partial charge is 0.448 e. The van der Waals surface area contributed by atoms with E-state index in [0.29, 0.717) is 23.0 Å². The van der Waals surface area contributed by atoms with Crippen molar-refractivity contribution in [1.29, 1.82) is 0 Å². The zero-order chi connectivity index (χ0) is 19.8. The summed E-state index contributed by atoms with van der Waals surface area (Å²) in [5.74, 6) is 0.346. The standard InChI is InChI=1S/C20H18ClN3O4/c21-16-5-1-15(2-6-16)12-27-20(26)24-17-7-3-14(4-8-17)10-23-19(25)9-18-11-22-13-28-18/h1-8,11,13H,9-10,12H2,(H,23,25)(H,24,26). The number of halogens is 1. The monoisotopic (exact) mass is 399 g/mol. The second-order valence-electron chi connectivity index (χ2n) is 5.95. The van der Waals surface area contributed by atoms with Gasteiger partial charge in [0.1, 0.15) is 12.4 Å². The summed E-state index contributed by atoms with van der Waals surface area (Å²) in [5, 5.41) is 6.07. The number of carbonyl (C=O) groups excluding carboxylic acids is 2. The van der Waals surface area contributed by atoms with E-state index in [-0.39, 0.29) is 18.9 Å². The molecule has 1 aromatic heterocycles. The lowest BCUT2D eigenvalue weighted by molar-refractivity contribution is -0.120. The van der Waals surface area contributed by atoms with Crippen LogP contribution in [0.25, 0.3) is 0 Å². The number of amides is 2. The van der Waals surface area contributed by atoms with Crippen LogP contribution in [0.5, 0.6) is 0 Å². The Labute approximate surface area is 166 Å². The second-order valence-corrected chi connectivity index (χ2v) is 6.38. The van der Waals surface area contributed by atoms with E-state index in [1.165, 1.54) is 12.6 Å². The average molecular weight is 400 g/mol. The van der Waals surface area contributed by atoms with Gasteiger partial charge >= 0.3 is 6.09 Å². The van der Waals surface area contributed by atoms with Crippen molar-refractivity contribution >= 4 is 29.3 Å². The van der Waals surface area contributed by atoms with Gasteiger partial charge in [-0.1, -0.05) is 35.9 Å². The average Bonchev–Trinajstić information content (AvgIpc) is 3.20. The van der Waals surface area contributed by atoms with Crippen LogP contribution in [0, 0.1) is 0 Å². The third-order valence-electron chi connectivity index (χ3n) is 3.79. The predicted octanol–water partition coefficient (Wildman–Crippen LogP) is 3.94.